The number of rotatable bonds is 8. The fraction of sp³-hybridized carbons (Fsp3) is 0.929. The average molecular weight is 274 g/mol. The quantitative estimate of drug-likeness (QED) is 0.537. The summed E-state index contributed by atoms with van der Waals surface area (Å²) in [5, 5.41) is 10.3. The Morgan fingerprint density at radius 2 is 2.00 bits per heavy atom. The Bertz CT molecular complexity index is 259. The lowest BCUT2D eigenvalue weighted by atomic mass is 9.79. The van der Waals surface area contributed by atoms with Crippen LogP contribution >= 0.6 is 0 Å². The first-order valence-electron chi connectivity index (χ1n) is 7.07. The summed E-state index contributed by atoms with van der Waals surface area (Å²) in [5.74, 6) is -0.195. The molecule has 19 heavy (non-hydrogen) atoms. The van der Waals surface area contributed by atoms with Crippen LogP contribution in [0.1, 0.15) is 39.0 Å². The molecule has 0 spiro atoms. The number of esters is 1. The minimum Gasteiger partial charge on any atom is -0.466 e. The summed E-state index contributed by atoms with van der Waals surface area (Å²) in [6.45, 7) is 3.83. The lowest BCUT2D eigenvalue weighted by Crippen LogP contribution is -2.40. The molecule has 1 aliphatic carbocycles. The van der Waals surface area contributed by atoms with Crippen molar-refractivity contribution in [2.24, 2.45) is 5.92 Å². The second-order valence-electron chi connectivity index (χ2n) is 5.15. The summed E-state index contributed by atoms with van der Waals surface area (Å²) in [4.78, 5) is 11.6. The maximum absolute atomic E-state index is 11.6. The predicted molar refractivity (Wildman–Crippen MR) is 70.9 cm³/mol. The highest BCUT2D eigenvalue weighted by atomic mass is 16.5. The normalized spacial score (nSPS) is 27.2. The molecule has 5 heteroatoms. The van der Waals surface area contributed by atoms with Crippen molar-refractivity contribution in [3.63, 3.8) is 0 Å². The second-order valence-corrected chi connectivity index (χ2v) is 5.15. The number of methoxy groups -OCH3 is 1. The molecule has 0 bridgehead atoms. The largest absolute Gasteiger partial charge is 0.466 e. The fourth-order valence-corrected chi connectivity index (χ4v) is 2.36. The van der Waals surface area contributed by atoms with E-state index in [1.807, 2.05) is 6.92 Å². The van der Waals surface area contributed by atoms with Crippen LogP contribution < -0.4 is 0 Å². The topological polar surface area (TPSA) is 65.0 Å². The van der Waals surface area contributed by atoms with Crippen molar-refractivity contribution in [3.05, 3.63) is 0 Å². The number of aliphatic hydroxyl groups is 1. The third-order valence-electron chi connectivity index (χ3n) is 3.54. The fourth-order valence-electron chi connectivity index (χ4n) is 2.36. The van der Waals surface area contributed by atoms with Gasteiger partial charge < -0.3 is 19.3 Å². The minimum absolute atomic E-state index is 0.0614. The zero-order valence-electron chi connectivity index (χ0n) is 12.0. The molecule has 1 saturated carbocycles. The van der Waals surface area contributed by atoms with Crippen LogP contribution in [0.2, 0.25) is 0 Å². The van der Waals surface area contributed by atoms with E-state index in [-0.39, 0.29) is 11.9 Å². The second kappa shape index (κ2) is 8.51. The Labute approximate surface area is 115 Å². The molecule has 0 aliphatic heterocycles. The number of ether oxygens (including phenoxy) is 3. The Kier molecular flexibility index (Phi) is 7.34. The highest BCUT2D eigenvalue weighted by molar-refractivity contribution is 5.72. The van der Waals surface area contributed by atoms with Gasteiger partial charge in [-0.15, -0.1) is 0 Å². The zero-order valence-corrected chi connectivity index (χ0v) is 12.0. The summed E-state index contributed by atoms with van der Waals surface area (Å²) >= 11 is 0. The van der Waals surface area contributed by atoms with Crippen LogP contribution in [0, 0.1) is 5.92 Å². The maximum atomic E-state index is 11.6. The first-order chi connectivity index (χ1) is 9.11. The summed E-state index contributed by atoms with van der Waals surface area (Å²) in [7, 11) is 1.66. The molecule has 1 N–H and O–H groups in total. The van der Waals surface area contributed by atoms with Crippen LogP contribution in [-0.4, -0.2) is 50.2 Å². The van der Waals surface area contributed by atoms with E-state index in [9.17, 15) is 9.90 Å². The SMILES string of the molecule is CCOC(=O)C1CCC(O)(COCCCOC)CC1. The van der Waals surface area contributed by atoms with E-state index in [0.29, 0.717) is 52.1 Å². The van der Waals surface area contributed by atoms with E-state index >= 15 is 0 Å². The first kappa shape index (κ1) is 16.4. The highest BCUT2D eigenvalue weighted by Crippen LogP contribution is 2.33. The third kappa shape index (κ3) is 5.89. The van der Waals surface area contributed by atoms with Crippen molar-refractivity contribution >= 4 is 5.97 Å². The lowest BCUT2D eigenvalue weighted by molar-refractivity contribution is -0.152. The smallest absolute Gasteiger partial charge is 0.308 e. The van der Waals surface area contributed by atoms with Crippen molar-refractivity contribution in [1.29, 1.82) is 0 Å². The van der Waals surface area contributed by atoms with Crippen LogP contribution in [0.25, 0.3) is 0 Å². The standard InChI is InChI=1S/C14H26O5/c1-3-19-13(15)12-5-7-14(16,8-6-12)11-18-10-4-9-17-2/h12,16H,3-11H2,1-2H3. The van der Waals surface area contributed by atoms with Gasteiger partial charge in [0.1, 0.15) is 0 Å². The molecular weight excluding hydrogens is 248 g/mol. The Hall–Kier alpha value is -0.650. The molecule has 112 valence electrons. The molecule has 0 atom stereocenters. The number of hydrogen-bond acceptors (Lipinski definition) is 5. The van der Waals surface area contributed by atoms with E-state index in [4.69, 9.17) is 14.2 Å². The Morgan fingerprint density at radius 3 is 2.58 bits per heavy atom. The molecule has 0 heterocycles. The van der Waals surface area contributed by atoms with E-state index < -0.39 is 5.60 Å². The van der Waals surface area contributed by atoms with Crippen LogP contribution in [0.5, 0.6) is 0 Å². The van der Waals surface area contributed by atoms with Gasteiger partial charge in [-0.05, 0) is 39.0 Å². The lowest BCUT2D eigenvalue weighted by Gasteiger charge is -2.34. The van der Waals surface area contributed by atoms with Gasteiger partial charge in [0.05, 0.1) is 24.7 Å². The van der Waals surface area contributed by atoms with E-state index in [2.05, 4.69) is 0 Å². The van der Waals surface area contributed by atoms with Crippen LogP contribution in [0.15, 0.2) is 0 Å². The molecule has 0 saturated heterocycles. The van der Waals surface area contributed by atoms with Gasteiger partial charge >= 0.3 is 5.97 Å². The van der Waals surface area contributed by atoms with Crippen LogP contribution in [0.3, 0.4) is 0 Å². The first-order valence-corrected chi connectivity index (χ1v) is 7.07. The van der Waals surface area contributed by atoms with Gasteiger partial charge in [0.25, 0.3) is 0 Å². The van der Waals surface area contributed by atoms with Crippen molar-refractivity contribution in [2.45, 2.75) is 44.6 Å². The zero-order chi connectivity index (χ0) is 14.1. The molecule has 5 nitrogen and oxygen atoms in total. The Morgan fingerprint density at radius 1 is 1.32 bits per heavy atom. The van der Waals surface area contributed by atoms with Gasteiger partial charge in [-0.1, -0.05) is 0 Å². The van der Waals surface area contributed by atoms with Crippen molar-refractivity contribution in [1.82, 2.24) is 0 Å². The number of hydrogen-bond donors (Lipinski definition) is 1. The number of carbonyl (C=O) groups is 1. The molecule has 0 amide bonds. The third-order valence-corrected chi connectivity index (χ3v) is 3.54. The highest BCUT2D eigenvalue weighted by Gasteiger charge is 2.36. The number of carbonyl (C=O) groups excluding carboxylic acids is 1. The molecule has 0 aromatic heterocycles. The van der Waals surface area contributed by atoms with Crippen molar-refractivity contribution in [3.8, 4) is 0 Å². The van der Waals surface area contributed by atoms with Crippen LogP contribution in [-0.2, 0) is 19.0 Å². The molecule has 0 radical (unpaired) electrons. The van der Waals surface area contributed by atoms with Gasteiger partial charge in [-0.3, -0.25) is 4.79 Å². The van der Waals surface area contributed by atoms with E-state index in [1.54, 1.807) is 7.11 Å². The predicted octanol–water partition coefficient (Wildman–Crippen LogP) is 1.52. The van der Waals surface area contributed by atoms with Crippen molar-refractivity contribution in [2.75, 3.05) is 33.5 Å². The summed E-state index contributed by atoms with van der Waals surface area (Å²) in [5.41, 5.74) is -0.782. The van der Waals surface area contributed by atoms with Gasteiger partial charge in [-0.2, -0.15) is 0 Å². The minimum atomic E-state index is -0.782. The molecule has 1 aliphatic rings. The van der Waals surface area contributed by atoms with Gasteiger partial charge in [-0.25, -0.2) is 0 Å². The summed E-state index contributed by atoms with van der Waals surface area (Å²) in [6.07, 6.45) is 3.38. The molecule has 1 fully saturated rings. The van der Waals surface area contributed by atoms with Gasteiger partial charge in [0.2, 0.25) is 0 Å². The Balaban J connectivity index is 2.21. The van der Waals surface area contributed by atoms with Crippen LogP contribution in [0.4, 0.5) is 0 Å². The molecule has 0 aromatic rings. The molecule has 0 aromatic carbocycles. The van der Waals surface area contributed by atoms with E-state index in [0.717, 1.165) is 6.42 Å². The summed E-state index contributed by atoms with van der Waals surface area (Å²) in [6, 6.07) is 0. The average Bonchev–Trinajstić information content (AvgIpc) is 2.39. The molecule has 1 rings (SSSR count). The molecule has 0 unspecified atom stereocenters. The summed E-state index contributed by atoms with van der Waals surface area (Å²) < 4.78 is 15.4. The van der Waals surface area contributed by atoms with E-state index in [1.165, 1.54) is 0 Å². The monoisotopic (exact) mass is 274 g/mol. The molecular formula is C14H26O5. The van der Waals surface area contributed by atoms with Gasteiger partial charge in [0, 0.05) is 20.3 Å². The van der Waals surface area contributed by atoms with Crippen molar-refractivity contribution < 1.29 is 24.1 Å². The maximum Gasteiger partial charge on any atom is 0.308 e. The van der Waals surface area contributed by atoms with Gasteiger partial charge in [0.15, 0.2) is 0 Å².